The SMILES string of the molecule is O=C(CNc1nnc(SCc2cccc3ccccc23)s1)c1ccc(S(=O)(=O)N2CCCC2)cc1. The standard InChI is InChI=1S/C25H24N4O3S3/c30-23(19-10-12-21(13-11-19)35(31,32)29-14-3-4-15-29)16-26-24-27-28-25(34-24)33-17-20-8-5-7-18-6-1-2-9-22(18)20/h1-2,5-13H,3-4,14-17H2,(H,26,27). The lowest BCUT2D eigenvalue weighted by atomic mass is 10.1. The van der Waals surface area contributed by atoms with Gasteiger partial charge in [0, 0.05) is 24.4 Å². The lowest BCUT2D eigenvalue weighted by Gasteiger charge is -2.15. The molecular weight excluding hydrogens is 501 g/mol. The Morgan fingerprint density at radius 1 is 0.971 bits per heavy atom. The van der Waals surface area contributed by atoms with Crippen LogP contribution >= 0.6 is 23.1 Å². The van der Waals surface area contributed by atoms with Crippen molar-refractivity contribution in [3.8, 4) is 0 Å². The zero-order valence-electron chi connectivity index (χ0n) is 18.9. The van der Waals surface area contributed by atoms with E-state index in [0.717, 1.165) is 22.9 Å². The van der Waals surface area contributed by atoms with Crippen molar-refractivity contribution in [2.75, 3.05) is 25.0 Å². The summed E-state index contributed by atoms with van der Waals surface area (Å²) in [6.45, 7) is 1.16. The number of hydrogen-bond acceptors (Lipinski definition) is 8. The Morgan fingerprint density at radius 3 is 2.51 bits per heavy atom. The summed E-state index contributed by atoms with van der Waals surface area (Å²) in [6, 6.07) is 20.7. The highest BCUT2D eigenvalue weighted by Crippen LogP contribution is 2.31. The van der Waals surface area contributed by atoms with E-state index in [2.05, 4.69) is 45.8 Å². The molecule has 0 amide bonds. The number of Topliss-reactive ketones (excluding diaryl/α,β-unsaturated/α-hetero) is 1. The summed E-state index contributed by atoms with van der Waals surface area (Å²) in [5, 5.41) is 14.4. The number of fused-ring (bicyclic) bond motifs is 1. The molecule has 7 nitrogen and oxygen atoms in total. The van der Waals surface area contributed by atoms with E-state index < -0.39 is 10.0 Å². The van der Waals surface area contributed by atoms with Crippen molar-refractivity contribution >= 4 is 54.8 Å². The first-order chi connectivity index (χ1) is 17.0. The summed E-state index contributed by atoms with van der Waals surface area (Å²) in [7, 11) is -3.48. The second-order valence-electron chi connectivity index (χ2n) is 8.21. The van der Waals surface area contributed by atoms with Crippen LogP contribution in [0.15, 0.2) is 76.0 Å². The van der Waals surface area contributed by atoms with Crippen LogP contribution in [0.3, 0.4) is 0 Å². The lowest BCUT2D eigenvalue weighted by Crippen LogP contribution is -2.27. The molecule has 1 N–H and O–H groups in total. The van der Waals surface area contributed by atoms with E-state index in [9.17, 15) is 13.2 Å². The number of thioether (sulfide) groups is 1. The highest BCUT2D eigenvalue weighted by atomic mass is 32.2. The lowest BCUT2D eigenvalue weighted by molar-refractivity contribution is 0.101. The summed E-state index contributed by atoms with van der Waals surface area (Å²) in [5.41, 5.74) is 1.69. The minimum absolute atomic E-state index is 0.0564. The van der Waals surface area contributed by atoms with Gasteiger partial charge in [-0.1, -0.05) is 65.6 Å². The summed E-state index contributed by atoms with van der Waals surface area (Å²) in [6.07, 6.45) is 1.77. The Hall–Kier alpha value is -2.79. The molecule has 0 aliphatic carbocycles. The monoisotopic (exact) mass is 524 g/mol. The van der Waals surface area contributed by atoms with Gasteiger partial charge in [-0.25, -0.2) is 8.42 Å². The summed E-state index contributed by atoms with van der Waals surface area (Å²) in [5.74, 6) is 0.636. The molecule has 3 aromatic carbocycles. The van der Waals surface area contributed by atoms with E-state index in [4.69, 9.17) is 0 Å². The molecule has 5 rings (SSSR count). The zero-order valence-corrected chi connectivity index (χ0v) is 21.3. The van der Waals surface area contributed by atoms with E-state index in [1.807, 2.05) is 12.1 Å². The first-order valence-corrected chi connectivity index (χ1v) is 14.6. The number of ketones is 1. The van der Waals surface area contributed by atoms with E-state index in [-0.39, 0.29) is 17.2 Å². The number of rotatable bonds is 9. The largest absolute Gasteiger partial charge is 0.353 e. The fourth-order valence-corrected chi connectivity index (χ4v) is 7.31. The normalized spacial score (nSPS) is 14.4. The van der Waals surface area contributed by atoms with Gasteiger partial charge in [0.25, 0.3) is 0 Å². The number of aromatic nitrogens is 2. The molecule has 0 unspecified atom stereocenters. The maximum atomic E-state index is 12.6. The minimum atomic E-state index is -3.48. The molecule has 1 aliphatic heterocycles. The molecule has 4 aromatic rings. The Morgan fingerprint density at radius 2 is 1.71 bits per heavy atom. The van der Waals surface area contributed by atoms with Gasteiger partial charge in [0.05, 0.1) is 11.4 Å². The molecule has 35 heavy (non-hydrogen) atoms. The number of carbonyl (C=O) groups excluding carboxylic acids is 1. The van der Waals surface area contributed by atoms with Gasteiger partial charge >= 0.3 is 0 Å². The summed E-state index contributed by atoms with van der Waals surface area (Å²) >= 11 is 3.02. The average Bonchev–Trinajstić information content (AvgIpc) is 3.59. The van der Waals surface area contributed by atoms with E-state index in [1.54, 1.807) is 23.9 Å². The second-order valence-corrected chi connectivity index (χ2v) is 12.4. The van der Waals surface area contributed by atoms with Gasteiger partial charge in [0.15, 0.2) is 10.1 Å². The Bertz CT molecular complexity index is 1440. The summed E-state index contributed by atoms with van der Waals surface area (Å²) in [4.78, 5) is 12.8. The Labute approximate surface area is 212 Å². The first-order valence-electron chi connectivity index (χ1n) is 11.3. The van der Waals surface area contributed by atoms with Gasteiger partial charge in [0.2, 0.25) is 15.2 Å². The molecule has 0 bridgehead atoms. The molecule has 0 radical (unpaired) electrons. The first kappa shape index (κ1) is 23.9. The van der Waals surface area contributed by atoms with Gasteiger partial charge in [0.1, 0.15) is 0 Å². The molecular formula is C25H24N4O3S3. The van der Waals surface area contributed by atoms with Crippen LogP contribution in [0.5, 0.6) is 0 Å². The number of carbonyl (C=O) groups is 1. The zero-order chi connectivity index (χ0) is 24.3. The molecule has 1 fully saturated rings. The van der Waals surface area contributed by atoms with Gasteiger partial charge < -0.3 is 5.32 Å². The maximum Gasteiger partial charge on any atom is 0.243 e. The van der Waals surface area contributed by atoms with Gasteiger partial charge in [-0.05, 0) is 53.4 Å². The highest BCUT2D eigenvalue weighted by Gasteiger charge is 2.27. The van der Waals surface area contributed by atoms with Crippen LogP contribution in [0, 0.1) is 0 Å². The van der Waals surface area contributed by atoms with Crippen LogP contribution in [0.1, 0.15) is 28.8 Å². The highest BCUT2D eigenvalue weighted by molar-refractivity contribution is 8.00. The predicted octanol–water partition coefficient (Wildman–Crippen LogP) is 5.06. The number of nitrogens with one attached hydrogen (secondary N) is 1. The van der Waals surface area contributed by atoms with Crippen molar-refractivity contribution in [2.24, 2.45) is 0 Å². The average molecular weight is 525 g/mol. The molecule has 0 atom stereocenters. The van der Waals surface area contributed by atoms with Gasteiger partial charge in [-0.3, -0.25) is 4.79 Å². The van der Waals surface area contributed by atoms with Crippen molar-refractivity contribution in [1.29, 1.82) is 0 Å². The predicted molar refractivity (Wildman–Crippen MR) is 141 cm³/mol. The molecule has 1 aromatic heterocycles. The van der Waals surface area contributed by atoms with E-state index in [1.165, 1.54) is 44.1 Å². The second kappa shape index (κ2) is 10.4. The number of anilines is 1. The third kappa shape index (κ3) is 5.40. The van der Waals surface area contributed by atoms with Gasteiger partial charge in [-0.2, -0.15) is 4.31 Å². The number of benzene rings is 3. The number of nitrogens with zero attached hydrogens (tertiary/aromatic N) is 3. The third-order valence-corrected chi connectivity index (χ3v) is 9.89. The topological polar surface area (TPSA) is 92.3 Å². The quantitative estimate of drug-likeness (QED) is 0.242. The molecule has 1 saturated heterocycles. The van der Waals surface area contributed by atoms with E-state index >= 15 is 0 Å². The summed E-state index contributed by atoms with van der Waals surface area (Å²) < 4.78 is 27.6. The maximum absolute atomic E-state index is 12.6. The van der Waals surface area contributed by atoms with Crippen molar-refractivity contribution in [3.05, 3.63) is 77.9 Å². The van der Waals surface area contributed by atoms with Crippen LogP contribution in [0.4, 0.5) is 5.13 Å². The van der Waals surface area contributed by atoms with Gasteiger partial charge in [-0.15, -0.1) is 10.2 Å². The van der Waals surface area contributed by atoms with Crippen LogP contribution in [-0.2, 0) is 15.8 Å². The fraction of sp³-hybridized carbons (Fsp3) is 0.240. The van der Waals surface area contributed by atoms with Crippen molar-refractivity contribution in [1.82, 2.24) is 14.5 Å². The van der Waals surface area contributed by atoms with Crippen molar-refractivity contribution in [3.63, 3.8) is 0 Å². The van der Waals surface area contributed by atoms with Crippen LogP contribution in [-0.4, -0.2) is 48.3 Å². The fourth-order valence-electron chi connectivity index (χ4n) is 4.05. The molecule has 0 spiro atoms. The molecule has 180 valence electrons. The van der Waals surface area contributed by atoms with E-state index in [0.29, 0.717) is 23.8 Å². The Balaban J connectivity index is 1.16. The van der Waals surface area contributed by atoms with Crippen LogP contribution < -0.4 is 5.32 Å². The molecule has 1 aliphatic rings. The molecule has 0 saturated carbocycles. The number of hydrogen-bond donors (Lipinski definition) is 1. The van der Waals surface area contributed by atoms with Crippen LogP contribution in [0.25, 0.3) is 10.8 Å². The van der Waals surface area contributed by atoms with Crippen molar-refractivity contribution in [2.45, 2.75) is 27.8 Å². The smallest absolute Gasteiger partial charge is 0.243 e. The minimum Gasteiger partial charge on any atom is -0.353 e. The third-order valence-electron chi connectivity index (χ3n) is 5.92. The Kier molecular flexibility index (Phi) is 7.14. The number of sulfonamides is 1. The molecule has 2 heterocycles. The van der Waals surface area contributed by atoms with Crippen molar-refractivity contribution < 1.29 is 13.2 Å². The van der Waals surface area contributed by atoms with Crippen LogP contribution in [0.2, 0.25) is 0 Å². The molecule has 10 heteroatoms.